The molecule has 1 aliphatic rings. The Kier molecular flexibility index (Phi) is 6.46. The summed E-state index contributed by atoms with van der Waals surface area (Å²) in [6.45, 7) is 6.72. The van der Waals surface area contributed by atoms with Crippen LogP contribution in [0.2, 0.25) is 0 Å². The van der Waals surface area contributed by atoms with Gasteiger partial charge in [0.05, 0.1) is 11.0 Å². The van der Waals surface area contributed by atoms with Crippen LogP contribution >= 0.6 is 11.3 Å². The highest BCUT2D eigenvalue weighted by Crippen LogP contribution is 2.52. The summed E-state index contributed by atoms with van der Waals surface area (Å²) in [5.74, 6) is 0. The molecule has 2 nitrogen and oxygen atoms in total. The van der Waals surface area contributed by atoms with E-state index in [-0.39, 0.29) is 0 Å². The predicted octanol–water partition coefficient (Wildman–Crippen LogP) is 14.9. The first-order chi connectivity index (χ1) is 26.2. The van der Waals surface area contributed by atoms with Crippen LogP contribution in [0.1, 0.15) is 0 Å². The number of rotatable bonds is 3. The molecule has 1 aliphatic carbocycles. The molecule has 0 amide bonds. The molecule has 0 unspecified atom stereocenters. The molecule has 0 aliphatic heterocycles. The molecule has 0 atom stereocenters. The molecular formula is C50H31NOS. The van der Waals surface area contributed by atoms with Crippen molar-refractivity contribution in [1.82, 2.24) is 4.57 Å². The van der Waals surface area contributed by atoms with Gasteiger partial charge in [-0.1, -0.05) is 116 Å². The molecule has 11 aromatic rings. The Bertz CT molecular complexity index is 3330. The molecule has 0 saturated carbocycles. The van der Waals surface area contributed by atoms with Crippen LogP contribution in [0.25, 0.3) is 114 Å². The van der Waals surface area contributed by atoms with Gasteiger partial charge >= 0.3 is 0 Å². The molecule has 0 saturated heterocycles. The zero-order chi connectivity index (χ0) is 35.2. The van der Waals surface area contributed by atoms with E-state index in [1.807, 2.05) is 23.5 Å². The van der Waals surface area contributed by atoms with Gasteiger partial charge in [0.2, 0.25) is 0 Å². The second kappa shape index (κ2) is 11.4. The number of benzene rings is 8. The van der Waals surface area contributed by atoms with Crippen molar-refractivity contribution in [3.05, 3.63) is 177 Å². The second-order valence-electron chi connectivity index (χ2n) is 13.7. The van der Waals surface area contributed by atoms with Crippen molar-refractivity contribution in [3.63, 3.8) is 0 Å². The first kappa shape index (κ1) is 30.0. The highest BCUT2D eigenvalue weighted by atomic mass is 32.1. The van der Waals surface area contributed by atoms with Gasteiger partial charge in [0.1, 0.15) is 11.2 Å². The Morgan fingerprint density at radius 3 is 1.94 bits per heavy atom. The van der Waals surface area contributed by atoms with Crippen LogP contribution in [0.15, 0.2) is 181 Å². The summed E-state index contributed by atoms with van der Waals surface area (Å²) >= 11 is 1.91. The average molecular weight is 694 g/mol. The van der Waals surface area contributed by atoms with E-state index in [4.69, 9.17) is 4.42 Å². The van der Waals surface area contributed by atoms with E-state index in [9.17, 15) is 0 Å². The lowest BCUT2D eigenvalue weighted by Gasteiger charge is -2.09. The van der Waals surface area contributed by atoms with Crippen LogP contribution in [0, 0.1) is 0 Å². The monoisotopic (exact) mass is 693 g/mol. The van der Waals surface area contributed by atoms with Crippen molar-refractivity contribution in [1.29, 1.82) is 0 Å². The van der Waals surface area contributed by atoms with Gasteiger partial charge < -0.3 is 8.98 Å². The minimum Gasteiger partial charge on any atom is -0.456 e. The van der Waals surface area contributed by atoms with Gasteiger partial charge in [0, 0.05) is 47.4 Å². The van der Waals surface area contributed by atoms with E-state index in [0.29, 0.717) is 0 Å². The Morgan fingerprint density at radius 2 is 1.09 bits per heavy atom. The topological polar surface area (TPSA) is 18.1 Å². The lowest BCUT2D eigenvalue weighted by Crippen LogP contribution is -1.93. The SMILES string of the molecule is C=CC=C.c1ccc2c(c1)-c1cccc3c1c-2cc1sc2ccc(-c4ccc5c(c4)c4ccccc4n5-c4ccc5oc6ccccc6c5c4)cc2c13. The van der Waals surface area contributed by atoms with Crippen molar-refractivity contribution in [2.45, 2.75) is 0 Å². The molecule has 0 radical (unpaired) electrons. The Balaban J connectivity index is 0.000000791. The quantitative estimate of drug-likeness (QED) is 0.169. The molecule has 0 fully saturated rings. The first-order valence-electron chi connectivity index (χ1n) is 17.9. The second-order valence-corrected chi connectivity index (χ2v) is 14.8. The number of furan rings is 1. The summed E-state index contributed by atoms with van der Waals surface area (Å²) in [4.78, 5) is 0. The van der Waals surface area contributed by atoms with E-state index in [2.05, 4.69) is 157 Å². The van der Waals surface area contributed by atoms with Gasteiger partial charge in [-0.15, -0.1) is 11.3 Å². The molecule has 12 rings (SSSR count). The minimum absolute atomic E-state index is 0.913. The zero-order valence-electron chi connectivity index (χ0n) is 28.8. The van der Waals surface area contributed by atoms with Crippen LogP contribution in [0.3, 0.4) is 0 Å². The average Bonchev–Trinajstić information content (AvgIpc) is 3.96. The molecule has 0 N–H and O–H groups in total. The van der Waals surface area contributed by atoms with Crippen molar-refractivity contribution in [2.75, 3.05) is 0 Å². The van der Waals surface area contributed by atoms with Crippen molar-refractivity contribution < 1.29 is 4.42 Å². The Labute approximate surface area is 309 Å². The molecule has 8 aromatic carbocycles. The van der Waals surface area contributed by atoms with Crippen molar-refractivity contribution >= 4 is 86.0 Å². The summed E-state index contributed by atoms with van der Waals surface area (Å²) in [5, 5.41) is 10.2. The molecule has 3 heteroatoms. The van der Waals surface area contributed by atoms with Gasteiger partial charge in [-0.2, -0.15) is 0 Å². The van der Waals surface area contributed by atoms with E-state index in [1.165, 1.54) is 86.1 Å². The number of allylic oxidation sites excluding steroid dienone is 2. The molecule has 3 heterocycles. The fraction of sp³-hybridized carbons (Fsp3) is 0. The normalized spacial score (nSPS) is 11.9. The van der Waals surface area contributed by atoms with Gasteiger partial charge in [-0.3, -0.25) is 0 Å². The van der Waals surface area contributed by atoms with E-state index < -0.39 is 0 Å². The third-order valence-electron chi connectivity index (χ3n) is 10.9. The number of nitrogens with zero attached hydrogens (tertiary/aromatic N) is 1. The molecule has 248 valence electrons. The van der Waals surface area contributed by atoms with Crippen LogP contribution in [-0.4, -0.2) is 4.57 Å². The highest BCUT2D eigenvalue weighted by molar-refractivity contribution is 7.26. The number of fused-ring (bicyclic) bond motifs is 13. The number of thiophene rings is 1. The van der Waals surface area contributed by atoms with E-state index >= 15 is 0 Å². The molecule has 53 heavy (non-hydrogen) atoms. The van der Waals surface area contributed by atoms with Gasteiger partial charge in [-0.25, -0.2) is 0 Å². The molecule has 3 aromatic heterocycles. The Hall–Kier alpha value is -6.68. The van der Waals surface area contributed by atoms with Crippen molar-refractivity contribution in [3.8, 4) is 39.1 Å². The lowest BCUT2D eigenvalue weighted by atomic mass is 9.96. The number of aromatic nitrogens is 1. The summed E-state index contributed by atoms with van der Waals surface area (Å²) in [7, 11) is 0. The maximum absolute atomic E-state index is 6.16. The van der Waals surface area contributed by atoms with Gasteiger partial charge in [0.25, 0.3) is 0 Å². The van der Waals surface area contributed by atoms with E-state index in [0.717, 1.165) is 27.6 Å². The third-order valence-corrected chi connectivity index (χ3v) is 12.0. The summed E-state index contributed by atoms with van der Waals surface area (Å²) in [6.07, 6.45) is 3.28. The summed E-state index contributed by atoms with van der Waals surface area (Å²) in [5.41, 5.74) is 13.2. The van der Waals surface area contributed by atoms with Gasteiger partial charge in [0.15, 0.2) is 0 Å². The maximum Gasteiger partial charge on any atom is 0.135 e. The smallest absolute Gasteiger partial charge is 0.135 e. The number of para-hydroxylation sites is 2. The highest BCUT2D eigenvalue weighted by Gasteiger charge is 2.24. The lowest BCUT2D eigenvalue weighted by molar-refractivity contribution is 0.669. The molecule has 0 spiro atoms. The number of hydrogen-bond donors (Lipinski definition) is 0. The van der Waals surface area contributed by atoms with Crippen molar-refractivity contribution in [2.24, 2.45) is 0 Å². The van der Waals surface area contributed by atoms with Crippen LogP contribution in [0.4, 0.5) is 0 Å². The van der Waals surface area contributed by atoms with Crippen LogP contribution in [-0.2, 0) is 0 Å². The summed E-state index contributed by atoms with van der Waals surface area (Å²) in [6, 6.07) is 55.7. The molecule has 0 bridgehead atoms. The molecular weight excluding hydrogens is 663 g/mol. The van der Waals surface area contributed by atoms with E-state index in [1.54, 1.807) is 12.2 Å². The fourth-order valence-electron chi connectivity index (χ4n) is 8.60. The van der Waals surface area contributed by atoms with Crippen LogP contribution in [0.5, 0.6) is 0 Å². The zero-order valence-corrected chi connectivity index (χ0v) is 29.6. The first-order valence-corrected chi connectivity index (χ1v) is 18.7. The predicted molar refractivity (Wildman–Crippen MR) is 229 cm³/mol. The minimum atomic E-state index is 0.913. The Morgan fingerprint density at radius 1 is 0.434 bits per heavy atom. The standard InChI is InChI=1S/C46H25NOS.C4H6/c1-2-9-30-29(8-1)33-12-7-13-34-45(33)37(30)25-44-46(34)38-23-27(17-21-43(38)49-44)26-16-19-40-35(22-26)31-10-3-5-14-39(31)47(40)28-18-20-42-36(24-28)32-11-4-6-15-41(32)48-42;1-3-4-2/h1-25H;3-4H,1-2H2. The maximum atomic E-state index is 6.16. The summed E-state index contributed by atoms with van der Waals surface area (Å²) < 4.78 is 11.2. The number of hydrogen-bond acceptors (Lipinski definition) is 2. The largest absolute Gasteiger partial charge is 0.456 e. The fourth-order valence-corrected chi connectivity index (χ4v) is 9.75. The van der Waals surface area contributed by atoms with Crippen LogP contribution < -0.4 is 0 Å². The van der Waals surface area contributed by atoms with Gasteiger partial charge in [-0.05, 0) is 105 Å². The third kappa shape index (κ3) is 4.32.